The van der Waals surface area contributed by atoms with Crippen LogP contribution in [0.2, 0.25) is 0 Å². The van der Waals surface area contributed by atoms with Crippen molar-refractivity contribution in [2.75, 3.05) is 5.32 Å². The maximum Gasteiger partial charge on any atom is 0.295 e. The number of rotatable bonds is 5. The Morgan fingerprint density at radius 1 is 1.06 bits per heavy atom. The summed E-state index contributed by atoms with van der Waals surface area (Å²) in [6.45, 7) is 0. The number of benzene rings is 2. The van der Waals surface area contributed by atoms with Gasteiger partial charge in [-0.05, 0) is 79.4 Å². The number of nitrogens with zero attached hydrogens (tertiary/aromatic N) is 3. The van der Waals surface area contributed by atoms with Crippen LogP contribution in [0.25, 0.3) is 22.4 Å². The van der Waals surface area contributed by atoms with Gasteiger partial charge in [-0.15, -0.1) is 0 Å². The molecule has 0 amide bonds. The SMILES string of the molecule is OC(CC1c2ccccc2-c2cncn21)C12CC3CC(C1)C(Nc1nc4ccccc4o1)C(C3)C2. The van der Waals surface area contributed by atoms with E-state index in [0.717, 1.165) is 36.3 Å². The van der Waals surface area contributed by atoms with E-state index in [9.17, 15) is 5.11 Å². The summed E-state index contributed by atoms with van der Waals surface area (Å²) in [7, 11) is 0. The number of imidazole rings is 1. The van der Waals surface area contributed by atoms with Crippen LogP contribution in [0.1, 0.15) is 50.1 Å². The van der Waals surface area contributed by atoms with Crippen LogP contribution in [-0.2, 0) is 0 Å². The summed E-state index contributed by atoms with van der Waals surface area (Å²) in [4.78, 5) is 9.10. The fourth-order valence-corrected chi connectivity index (χ4v) is 8.44. The first-order valence-electron chi connectivity index (χ1n) is 13.1. The van der Waals surface area contributed by atoms with Crippen LogP contribution < -0.4 is 5.32 Å². The Balaban J connectivity index is 1.05. The van der Waals surface area contributed by atoms with Crippen molar-refractivity contribution in [1.82, 2.24) is 14.5 Å². The monoisotopic (exact) mass is 466 g/mol. The van der Waals surface area contributed by atoms with Gasteiger partial charge in [0.05, 0.1) is 30.4 Å². The highest BCUT2D eigenvalue weighted by molar-refractivity contribution is 5.74. The van der Waals surface area contributed by atoms with E-state index in [1.807, 2.05) is 36.8 Å². The maximum absolute atomic E-state index is 11.8. The van der Waals surface area contributed by atoms with E-state index in [2.05, 4.69) is 44.1 Å². The number of aromatic nitrogens is 3. The second-order valence-electron chi connectivity index (χ2n) is 11.5. The normalized spacial score (nSPS) is 33.1. The van der Waals surface area contributed by atoms with Crippen molar-refractivity contribution in [1.29, 1.82) is 0 Å². The van der Waals surface area contributed by atoms with Crippen molar-refractivity contribution in [3.63, 3.8) is 0 Å². The minimum absolute atomic E-state index is 0.0221. The number of oxazole rings is 1. The van der Waals surface area contributed by atoms with Gasteiger partial charge >= 0.3 is 0 Å². The summed E-state index contributed by atoms with van der Waals surface area (Å²) >= 11 is 0. The lowest BCUT2D eigenvalue weighted by Gasteiger charge is -2.61. The van der Waals surface area contributed by atoms with Crippen molar-refractivity contribution in [2.24, 2.45) is 23.2 Å². The highest BCUT2D eigenvalue weighted by atomic mass is 16.4. The van der Waals surface area contributed by atoms with Gasteiger partial charge in [-0.25, -0.2) is 4.98 Å². The molecule has 0 radical (unpaired) electrons. The number of aliphatic hydroxyl groups is 1. The largest absolute Gasteiger partial charge is 0.424 e. The van der Waals surface area contributed by atoms with E-state index >= 15 is 0 Å². The quantitative estimate of drug-likeness (QED) is 0.397. The number of hydrogen-bond acceptors (Lipinski definition) is 5. The zero-order valence-electron chi connectivity index (χ0n) is 19.7. The minimum atomic E-state index is -0.313. The Morgan fingerprint density at radius 3 is 2.71 bits per heavy atom. The molecule has 4 fully saturated rings. The molecule has 2 aromatic heterocycles. The van der Waals surface area contributed by atoms with Gasteiger partial charge in [0.1, 0.15) is 5.52 Å². The molecule has 1 aliphatic heterocycles. The molecular formula is C29H30N4O2. The average Bonchev–Trinajstić information content (AvgIpc) is 3.56. The molecule has 4 unspecified atom stereocenters. The molecule has 9 rings (SSSR count). The van der Waals surface area contributed by atoms with E-state index in [0.29, 0.717) is 23.9 Å². The van der Waals surface area contributed by atoms with Crippen LogP contribution >= 0.6 is 0 Å². The summed E-state index contributed by atoms with van der Waals surface area (Å²) in [5.74, 6) is 1.85. The lowest BCUT2D eigenvalue weighted by atomic mass is 9.46. The van der Waals surface area contributed by atoms with E-state index < -0.39 is 0 Å². The fourth-order valence-electron chi connectivity index (χ4n) is 8.44. The molecular weight excluding hydrogens is 436 g/mol. The Bertz CT molecular complexity index is 1370. The molecule has 4 bridgehead atoms. The highest BCUT2D eigenvalue weighted by Gasteiger charge is 2.58. The summed E-state index contributed by atoms with van der Waals surface area (Å²) in [6, 6.07) is 17.8. The molecule has 178 valence electrons. The molecule has 2 aromatic carbocycles. The van der Waals surface area contributed by atoms with Crippen LogP contribution in [0.5, 0.6) is 0 Å². The molecule has 4 aromatic rings. The number of anilines is 1. The number of para-hydroxylation sites is 2. The van der Waals surface area contributed by atoms with E-state index in [1.54, 1.807) is 0 Å². The van der Waals surface area contributed by atoms with E-state index in [1.165, 1.54) is 36.1 Å². The zero-order valence-corrected chi connectivity index (χ0v) is 19.7. The van der Waals surface area contributed by atoms with Crippen molar-refractivity contribution < 1.29 is 9.52 Å². The standard InChI is InChI=1S/C29H30N4O2/c34-26(11-23-20-5-1-2-6-21(20)24-15-30-16-33(23)24)29-12-17-9-18(13-29)27(19(10-17)14-29)32-28-31-22-7-3-4-8-25(22)35-28/h1-8,15-19,23,26-27,34H,9-14H2,(H,31,32). The first kappa shape index (κ1) is 20.1. The van der Waals surface area contributed by atoms with Gasteiger partial charge in [0.25, 0.3) is 6.01 Å². The molecule has 4 atom stereocenters. The Morgan fingerprint density at radius 2 is 1.86 bits per heavy atom. The molecule has 5 aliphatic rings. The first-order chi connectivity index (χ1) is 17.2. The zero-order chi connectivity index (χ0) is 23.1. The number of fused-ring (bicyclic) bond motifs is 4. The predicted molar refractivity (Wildman–Crippen MR) is 134 cm³/mol. The summed E-state index contributed by atoms with van der Waals surface area (Å²) in [6.07, 6.45) is 10.2. The van der Waals surface area contributed by atoms with Crippen molar-refractivity contribution in [2.45, 2.75) is 56.7 Å². The second kappa shape index (κ2) is 7.20. The lowest BCUT2D eigenvalue weighted by molar-refractivity contribution is -0.129. The van der Waals surface area contributed by atoms with E-state index in [4.69, 9.17) is 4.42 Å². The number of hydrogen-bond donors (Lipinski definition) is 2. The molecule has 4 aliphatic carbocycles. The third-order valence-corrected chi connectivity index (χ3v) is 9.66. The Labute approximate surface area is 204 Å². The van der Waals surface area contributed by atoms with E-state index in [-0.39, 0.29) is 17.6 Å². The molecule has 0 saturated heterocycles. The average molecular weight is 467 g/mol. The van der Waals surface area contributed by atoms with Gasteiger partial charge in [-0.1, -0.05) is 36.4 Å². The fraction of sp³-hybridized carbons (Fsp3) is 0.448. The molecule has 0 spiro atoms. The smallest absolute Gasteiger partial charge is 0.295 e. The van der Waals surface area contributed by atoms with Gasteiger partial charge in [0.15, 0.2) is 5.58 Å². The van der Waals surface area contributed by atoms with Gasteiger partial charge in [-0.2, -0.15) is 4.98 Å². The molecule has 3 heterocycles. The molecule has 4 saturated carbocycles. The Hall–Kier alpha value is -3.12. The van der Waals surface area contributed by atoms with Gasteiger partial charge in [0.2, 0.25) is 0 Å². The molecule has 6 heteroatoms. The van der Waals surface area contributed by atoms with Crippen LogP contribution in [0.3, 0.4) is 0 Å². The van der Waals surface area contributed by atoms with Gasteiger partial charge < -0.3 is 19.4 Å². The predicted octanol–water partition coefficient (Wildman–Crippen LogP) is 5.65. The Kier molecular flexibility index (Phi) is 4.14. The lowest BCUT2D eigenvalue weighted by Crippen LogP contribution is -2.59. The molecule has 2 N–H and O–H groups in total. The number of nitrogens with one attached hydrogen (secondary N) is 1. The highest BCUT2D eigenvalue weighted by Crippen LogP contribution is 2.62. The van der Waals surface area contributed by atoms with Gasteiger partial charge in [-0.3, -0.25) is 0 Å². The van der Waals surface area contributed by atoms with Crippen molar-refractivity contribution in [3.05, 3.63) is 66.6 Å². The third-order valence-electron chi connectivity index (χ3n) is 9.66. The maximum atomic E-state index is 11.8. The van der Waals surface area contributed by atoms with Crippen molar-refractivity contribution in [3.8, 4) is 11.3 Å². The summed E-state index contributed by atoms with van der Waals surface area (Å²) in [5.41, 5.74) is 5.52. The minimum Gasteiger partial charge on any atom is -0.424 e. The molecule has 6 nitrogen and oxygen atoms in total. The summed E-state index contributed by atoms with van der Waals surface area (Å²) in [5, 5.41) is 15.5. The van der Waals surface area contributed by atoms with Crippen LogP contribution in [-0.4, -0.2) is 31.8 Å². The number of aliphatic hydroxyl groups excluding tert-OH is 1. The third kappa shape index (κ3) is 2.92. The second-order valence-corrected chi connectivity index (χ2v) is 11.5. The summed E-state index contributed by atoms with van der Waals surface area (Å²) < 4.78 is 8.28. The van der Waals surface area contributed by atoms with Crippen LogP contribution in [0.4, 0.5) is 6.01 Å². The van der Waals surface area contributed by atoms with Gasteiger partial charge in [0, 0.05) is 11.6 Å². The topological polar surface area (TPSA) is 76.1 Å². The first-order valence-corrected chi connectivity index (χ1v) is 13.1. The van der Waals surface area contributed by atoms with Crippen LogP contribution in [0, 0.1) is 23.2 Å². The van der Waals surface area contributed by atoms with Crippen molar-refractivity contribution >= 4 is 17.1 Å². The van der Waals surface area contributed by atoms with Crippen LogP contribution in [0.15, 0.2) is 65.5 Å². The molecule has 35 heavy (non-hydrogen) atoms.